The van der Waals surface area contributed by atoms with E-state index >= 15 is 0 Å². The zero-order chi connectivity index (χ0) is 25.3. The average molecular weight is 593 g/mol. The van der Waals surface area contributed by atoms with Gasteiger partial charge in [0.05, 0.1) is 20.1 Å². The number of aromatic hydroxyl groups is 3. The standard InChI is InChI=1S/C24H19Br2NO7/c1-8-19(30)17(10(3)28)22-18(20(8)31)24(4)15(34-22)7-14(29)16(23(24)33)9(2)27-11-5-12(25)21(32)13(26)6-11/h5-7,27,30-32H,1-4H3. The van der Waals surface area contributed by atoms with Gasteiger partial charge in [0, 0.05) is 23.0 Å². The normalized spacial score (nSPS) is 20.4. The highest BCUT2D eigenvalue weighted by Gasteiger charge is 2.56. The molecule has 176 valence electrons. The molecule has 0 spiro atoms. The number of fused-ring (bicyclic) bond motifs is 3. The van der Waals surface area contributed by atoms with Crippen LogP contribution < -0.4 is 10.1 Å². The van der Waals surface area contributed by atoms with Crippen LogP contribution in [-0.2, 0) is 15.0 Å². The smallest absolute Gasteiger partial charge is 0.194 e. The van der Waals surface area contributed by atoms with Gasteiger partial charge in [-0.25, -0.2) is 0 Å². The van der Waals surface area contributed by atoms with Gasteiger partial charge < -0.3 is 25.4 Å². The number of hydrogen-bond donors (Lipinski definition) is 4. The number of anilines is 1. The predicted octanol–water partition coefficient (Wildman–Crippen LogP) is 4.91. The number of benzene rings is 2. The number of hydrogen-bond acceptors (Lipinski definition) is 8. The Balaban J connectivity index is 1.90. The Labute approximate surface area is 211 Å². The number of Topliss-reactive ketones (excluding diaryl/α,β-unsaturated/α-hetero) is 2. The van der Waals surface area contributed by atoms with E-state index in [0.29, 0.717) is 14.6 Å². The second-order valence-electron chi connectivity index (χ2n) is 8.30. The zero-order valence-electron chi connectivity index (χ0n) is 18.5. The van der Waals surface area contributed by atoms with Crippen molar-refractivity contribution in [1.29, 1.82) is 0 Å². The summed E-state index contributed by atoms with van der Waals surface area (Å²) >= 11 is 6.47. The predicted molar refractivity (Wildman–Crippen MR) is 130 cm³/mol. The number of carbonyl (C=O) groups excluding carboxylic acids is 3. The Hall–Kier alpha value is -3.11. The van der Waals surface area contributed by atoms with E-state index in [1.807, 2.05) is 0 Å². The van der Waals surface area contributed by atoms with E-state index in [9.17, 15) is 29.7 Å². The van der Waals surface area contributed by atoms with Crippen LogP contribution in [0.3, 0.4) is 0 Å². The third-order valence-electron chi connectivity index (χ3n) is 6.11. The second-order valence-corrected chi connectivity index (χ2v) is 10.0. The monoisotopic (exact) mass is 591 g/mol. The third-order valence-corrected chi connectivity index (χ3v) is 7.32. The molecule has 1 heterocycles. The molecule has 0 aromatic heterocycles. The first-order chi connectivity index (χ1) is 15.8. The van der Waals surface area contributed by atoms with Crippen molar-refractivity contribution in [3.05, 3.63) is 60.9 Å². The van der Waals surface area contributed by atoms with Crippen LogP contribution in [0, 0.1) is 6.92 Å². The van der Waals surface area contributed by atoms with Crippen LogP contribution in [0.4, 0.5) is 5.69 Å². The van der Waals surface area contributed by atoms with E-state index in [2.05, 4.69) is 37.2 Å². The second kappa shape index (κ2) is 7.99. The first kappa shape index (κ1) is 24.0. The summed E-state index contributed by atoms with van der Waals surface area (Å²) in [5.41, 5.74) is -1.13. The fraction of sp³-hybridized carbons (Fsp3) is 0.208. The van der Waals surface area contributed by atoms with Crippen molar-refractivity contribution in [2.24, 2.45) is 0 Å². The number of phenols is 3. The molecule has 0 amide bonds. The van der Waals surface area contributed by atoms with Crippen LogP contribution in [-0.4, -0.2) is 32.7 Å². The maximum atomic E-state index is 13.8. The van der Waals surface area contributed by atoms with Crippen molar-refractivity contribution in [3.8, 4) is 23.0 Å². The lowest BCUT2D eigenvalue weighted by molar-refractivity contribution is -0.123. The lowest BCUT2D eigenvalue weighted by Crippen LogP contribution is -2.40. The molecule has 10 heteroatoms. The van der Waals surface area contributed by atoms with Crippen LogP contribution in [0.1, 0.15) is 42.3 Å². The largest absolute Gasteiger partial charge is 0.507 e. The average Bonchev–Trinajstić information content (AvgIpc) is 3.03. The molecular formula is C24H19Br2NO7. The minimum atomic E-state index is -1.59. The van der Waals surface area contributed by atoms with E-state index in [1.54, 1.807) is 19.1 Å². The Morgan fingerprint density at radius 2 is 1.62 bits per heavy atom. The Bertz CT molecular complexity index is 1380. The number of rotatable bonds is 3. The topological polar surface area (TPSA) is 133 Å². The lowest BCUT2D eigenvalue weighted by atomic mass is 9.70. The van der Waals surface area contributed by atoms with Crippen molar-refractivity contribution in [2.75, 3.05) is 5.32 Å². The molecule has 1 unspecified atom stereocenters. The van der Waals surface area contributed by atoms with Crippen molar-refractivity contribution >= 4 is 54.9 Å². The van der Waals surface area contributed by atoms with Crippen LogP contribution in [0.2, 0.25) is 0 Å². The first-order valence-electron chi connectivity index (χ1n) is 10.1. The van der Waals surface area contributed by atoms with Gasteiger partial charge in [0.15, 0.2) is 17.3 Å². The van der Waals surface area contributed by atoms with E-state index < -0.39 is 28.5 Å². The lowest BCUT2D eigenvalue weighted by Gasteiger charge is -2.29. The molecule has 34 heavy (non-hydrogen) atoms. The minimum Gasteiger partial charge on any atom is -0.507 e. The molecule has 0 bridgehead atoms. The number of phenolic OH excluding ortho intramolecular Hbond substituents is 3. The molecule has 2 aliphatic rings. The highest BCUT2D eigenvalue weighted by atomic mass is 79.9. The molecule has 8 nitrogen and oxygen atoms in total. The van der Waals surface area contributed by atoms with Crippen LogP contribution in [0.25, 0.3) is 0 Å². The summed E-state index contributed by atoms with van der Waals surface area (Å²) in [5.74, 6) is -2.77. The molecule has 2 aromatic rings. The van der Waals surface area contributed by atoms with Crippen molar-refractivity contribution in [1.82, 2.24) is 0 Å². The summed E-state index contributed by atoms with van der Waals surface area (Å²) in [6.45, 7) is 5.71. The number of nitrogens with one attached hydrogen (secondary N) is 1. The molecular weight excluding hydrogens is 574 g/mol. The molecule has 0 fully saturated rings. The summed E-state index contributed by atoms with van der Waals surface area (Å²) in [6, 6.07) is 3.16. The number of carbonyl (C=O) groups is 3. The number of ether oxygens (including phenoxy) is 1. The van der Waals surface area contributed by atoms with Gasteiger partial charge in [0.1, 0.15) is 39.7 Å². The SMILES string of the molecule is CC(=O)c1c(O)c(C)c(O)c2c1OC1=CC(=O)C(=C(C)Nc3cc(Br)c(O)c(Br)c3)C(=O)C12C. The van der Waals surface area contributed by atoms with Gasteiger partial charge in [-0.2, -0.15) is 0 Å². The Morgan fingerprint density at radius 1 is 1.03 bits per heavy atom. The fourth-order valence-corrected chi connectivity index (χ4v) is 5.47. The first-order valence-corrected chi connectivity index (χ1v) is 11.6. The van der Waals surface area contributed by atoms with Gasteiger partial charge in [0.2, 0.25) is 0 Å². The molecule has 4 rings (SSSR count). The molecule has 1 aliphatic carbocycles. The molecule has 0 radical (unpaired) electrons. The van der Waals surface area contributed by atoms with Crippen LogP contribution in [0.15, 0.2) is 44.2 Å². The van der Waals surface area contributed by atoms with Gasteiger partial charge >= 0.3 is 0 Å². The van der Waals surface area contributed by atoms with E-state index in [1.165, 1.54) is 20.8 Å². The summed E-state index contributed by atoms with van der Waals surface area (Å²) < 4.78 is 6.54. The Kier molecular flexibility index (Phi) is 5.64. The zero-order valence-corrected chi connectivity index (χ0v) is 21.6. The van der Waals surface area contributed by atoms with Gasteiger partial charge in [-0.05, 0) is 71.7 Å². The fourth-order valence-electron chi connectivity index (χ4n) is 4.28. The highest BCUT2D eigenvalue weighted by Crippen LogP contribution is 2.57. The van der Waals surface area contributed by atoms with E-state index in [-0.39, 0.29) is 51.0 Å². The van der Waals surface area contributed by atoms with Gasteiger partial charge in [-0.3, -0.25) is 14.4 Å². The summed E-state index contributed by atoms with van der Waals surface area (Å²) in [4.78, 5) is 39.0. The quantitative estimate of drug-likeness (QED) is 0.171. The number of halogens is 2. The molecule has 0 saturated heterocycles. The summed E-state index contributed by atoms with van der Waals surface area (Å²) in [5, 5.41) is 34.2. The number of allylic oxidation sites excluding steroid dienone is 4. The van der Waals surface area contributed by atoms with Gasteiger partial charge in [0.25, 0.3) is 0 Å². The third kappa shape index (κ3) is 3.27. The molecule has 1 atom stereocenters. The van der Waals surface area contributed by atoms with Crippen LogP contribution >= 0.6 is 31.9 Å². The van der Waals surface area contributed by atoms with Crippen LogP contribution in [0.5, 0.6) is 23.0 Å². The van der Waals surface area contributed by atoms with Gasteiger partial charge in [-0.15, -0.1) is 0 Å². The molecule has 0 saturated carbocycles. The Morgan fingerprint density at radius 3 is 2.18 bits per heavy atom. The van der Waals surface area contributed by atoms with Gasteiger partial charge in [-0.1, -0.05) is 0 Å². The van der Waals surface area contributed by atoms with Crippen molar-refractivity contribution in [3.63, 3.8) is 0 Å². The molecule has 4 N–H and O–H groups in total. The maximum Gasteiger partial charge on any atom is 0.194 e. The minimum absolute atomic E-state index is 0.00385. The molecule has 1 aliphatic heterocycles. The van der Waals surface area contributed by atoms with Crippen molar-refractivity contribution in [2.45, 2.75) is 33.1 Å². The van der Waals surface area contributed by atoms with Crippen molar-refractivity contribution < 1.29 is 34.4 Å². The summed E-state index contributed by atoms with van der Waals surface area (Å²) in [7, 11) is 0. The summed E-state index contributed by atoms with van der Waals surface area (Å²) in [6.07, 6.45) is 1.15. The highest BCUT2D eigenvalue weighted by molar-refractivity contribution is 9.11. The van der Waals surface area contributed by atoms with E-state index in [4.69, 9.17) is 4.74 Å². The maximum absolute atomic E-state index is 13.8. The number of ketones is 3. The van der Waals surface area contributed by atoms with E-state index in [0.717, 1.165) is 6.08 Å². The molecule has 2 aromatic carbocycles.